The van der Waals surface area contributed by atoms with E-state index in [1.807, 2.05) is 25.1 Å². The van der Waals surface area contributed by atoms with Gasteiger partial charge in [0.2, 0.25) is 11.8 Å². The van der Waals surface area contributed by atoms with Crippen LogP contribution in [-0.4, -0.2) is 44.3 Å². The van der Waals surface area contributed by atoms with Gasteiger partial charge in [-0.2, -0.15) is 0 Å². The standard InChI is InChI=1S/C28H30BrClFN3O4S/c1-3-4-15-32-28(36)20(2)33(18-21-9-8-10-22(29)16-21)27(35)19-34(23-13-14-26(31)25(30)17-23)39(37,38)24-11-6-5-7-12-24/h5-14,16-17,20H,3-4,15,18-19H2,1-2H3,(H,32,36)/t20-/m1/s1. The lowest BCUT2D eigenvalue weighted by Gasteiger charge is -2.32. The second kappa shape index (κ2) is 13.9. The molecule has 0 heterocycles. The molecule has 0 fully saturated rings. The topological polar surface area (TPSA) is 86.8 Å². The quantitative estimate of drug-likeness (QED) is 0.255. The smallest absolute Gasteiger partial charge is 0.264 e. The Bertz CT molecular complexity index is 1410. The number of nitrogens with zero attached hydrogens (tertiary/aromatic N) is 2. The zero-order valence-electron chi connectivity index (χ0n) is 21.6. The van der Waals surface area contributed by atoms with Crippen LogP contribution in [0.3, 0.4) is 0 Å². The summed E-state index contributed by atoms with van der Waals surface area (Å²) in [6.07, 6.45) is 1.67. The number of unbranched alkanes of at least 4 members (excludes halogenated alkanes) is 1. The van der Waals surface area contributed by atoms with Gasteiger partial charge in [0.25, 0.3) is 10.0 Å². The van der Waals surface area contributed by atoms with E-state index in [4.69, 9.17) is 11.6 Å². The van der Waals surface area contributed by atoms with Crippen molar-refractivity contribution in [1.82, 2.24) is 10.2 Å². The van der Waals surface area contributed by atoms with E-state index in [0.29, 0.717) is 6.54 Å². The average molecular weight is 639 g/mol. The molecule has 0 aromatic heterocycles. The molecule has 3 rings (SSSR count). The fourth-order valence-corrected chi connectivity index (χ4v) is 5.89. The molecule has 1 atom stereocenters. The first-order chi connectivity index (χ1) is 18.5. The van der Waals surface area contributed by atoms with Crippen molar-refractivity contribution in [3.63, 3.8) is 0 Å². The molecule has 11 heteroatoms. The van der Waals surface area contributed by atoms with Crippen molar-refractivity contribution < 1.29 is 22.4 Å². The molecule has 39 heavy (non-hydrogen) atoms. The maximum atomic E-state index is 13.9. The minimum absolute atomic E-state index is 0.0149. The van der Waals surface area contributed by atoms with Gasteiger partial charge in [0.15, 0.2) is 0 Å². The Hall–Kier alpha value is -2.95. The number of carbonyl (C=O) groups is 2. The summed E-state index contributed by atoms with van der Waals surface area (Å²) in [4.78, 5) is 28.1. The van der Waals surface area contributed by atoms with E-state index < -0.39 is 34.3 Å². The molecule has 0 aliphatic heterocycles. The number of nitrogens with one attached hydrogen (secondary N) is 1. The lowest BCUT2D eigenvalue weighted by molar-refractivity contribution is -0.139. The minimum atomic E-state index is -4.26. The summed E-state index contributed by atoms with van der Waals surface area (Å²) in [7, 11) is -4.26. The van der Waals surface area contributed by atoms with Crippen LogP contribution in [0.25, 0.3) is 0 Å². The third-order valence-electron chi connectivity index (χ3n) is 6.04. The average Bonchev–Trinajstić information content (AvgIpc) is 2.92. The number of amides is 2. The third kappa shape index (κ3) is 8.03. The predicted octanol–water partition coefficient (Wildman–Crippen LogP) is 5.77. The lowest BCUT2D eigenvalue weighted by atomic mass is 10.1. The zero-order valence-corrected chi connectivity index (χ0v) is 24.8. The van der Waals surface area contributed by atoms with Crippen LogP contribution >= 0.6 is 27.5 Å². The van der Waals surface area contributed by atoms with Crippen LogP contribution in [-0.2, 0) is 26.2 Å². The fraction of sp³-hybridized carbons (Fsp3) is 0.286. The van der Waals surface area contributed by atoms with E-state index in [1.54, 1.807) is 31.2 Å². The molecular formula is C28H30BrClFN3O4S. The second-order valence-corrected chi connectivity index (χ2v) is 12.1. The molecule has 3 aromatic carbocycles. The molecule has 0 saturated heterocycles. The van der Waals surface area contributed by atoms with Crippen LogP contribution in [0.4, 0.5) is 10.1 Å². The highest BCUT2D eigenvalue weighted by Crippen LogP contribution is 2.28. The Morgan fingerprint density at radius 1 is 1.05 bits per heavy atom. The maximum absolute atomic E-state index is 13.9. The van der Waals surface area contributed by atoms with Crippen molar-refractivity contribution in [1.29, 1.82) is 0 Å². The zero-order chi connectivity index (χ0) is 28.6. The van der Waals surface area contributed by atoms with Crippen LogP contribution in [0.2, 0.25) is 5.02 Å². The first-order valence-corrected chi connectivity index (χ1v) is 15.0. The molecule has 7 nitrogen and oxygen atoms in total. The molecule has 3 aromatic rings. The molecule has 0 aliphatic carbocycles. The number of hydrogen-bond acceptors (Lipinski definition) is 4. The molecule has 2 amide bonds. The molecule has 0 aliphatic rings. The largest absolute Gasteiger partial charge is 0.354 e. The van der Waals surface area contributed by atoms with Gasteiger partial charge in [-0.3, -0.25) is 13.9 Å². The van der Waals surface area contributed by atoms with E-state index >= 15 is 0 Å². The van der Waals surface area contributed by atoms with Gasteiger partial charge in [0, 0.05) is 17.6 Å². The van der Waals surface area contributed by atoms with Crippen molar-refractivity contribution in [2.24, 2.45) is 0 Å². The highest BCUT2D eigenvalue weighted by Gasteiger charge is 2.32. The first kappa shape index (κ1) is 30.6. The highest BCUT2D eigenvalue weighted by atomic mass is 79.9. The number of carbonyl (C=O) groups excluding carboxylic acids is 2. The van der Waals surface area contributed by atoms with E-state index in [-0.39, 0.29) is 28.1 Å². The number of benzene rings is 3. The number of rotatable bonds is 12. The first-order valence-electron chi connectivity index (χ1n) is 12.4. The van der Waals surface area contributed by atoms with Crippen molar-refractivity contribution in [2.75, 3.05) is 17.4 Å². The summed E-state index contributed by atoms with van der Waals surface area (Å²) < 4.78 is 43.0. The normalized spacial score (nSPS) is 12.0. The van der Waals surface area contributed by atoms with Gasteiger partial charge in [-0.15, -0.1) is 0 Å². The van der Waals surface area contributed by atoms with Crippen LogP contribution in [0, 0.1) is 5.82 Å². The number of sulfonamides is 1. The summed E-state index contributed by atoms with van der Waals surface area (Å²) in [5.41, 5.74) is 0.759. The van der Waals surface area contributed by atoms with Crippen molar-refractivity contribution in [3.05, 3.63) is 93.7 Å². The van der Waals surface area contributed by atoms with E-state index in [0.717, 1.165) is 39.3 Å². The van der Waals surface area contributed by atoms with Crippen LogP contribution in [0.15, 0.2) is 82.2 Å². The molecule has 0 bridgehead atoms. The highest BCUT2D eigenvalue weighted by molar-refractivity contribution is 9.10. The van der Waals surface area contributed by atoms with Crippen molar-refractivity contribution in [3.8, 4) is 0 Å². The van der Waals surface area contributed by atoms with Crippen molar-refractivity contribution in [2.45, 2.75) is 44.2 Å². The summed E-state index contributed by atoms with van der Waals surface area (Å²) in [5.74, 6) is -1.69. The summed E-state index contributed by atoms with van der Waals surface area (Å²) >= 11 is 9.40. The fourth-order valence-electron chi connectivity index (χ4n) is 3.84. The number of hydrogen-bond donors (Lipinski definition) is 1. The van der Waals surface area contributed by atoms with E-state index in [1.165, 1.54) is 23.1 Å². The molecule has 0 saturated carbocycles. The number of halogens is 3. The van der Waals surface area contributed by atoms with Gasteiger partial charge in [-0.25, -0.2) is 12.8 Å². The van der Waals surface area contributed by atoms with Crippen LogP contribution in [0.1, 0.15) is 32.3 Å². The monoisotopic (exact) mass is 637 g/mol. The van der Waals surface area contributed by atoms with Crippen LogP contribution in [0.5, 0.6) is 0 Å². The van der Waals surface area contributed by atoms with Gasteiger partial charge < -0.3 is 10.2 Å². The summed E-state index contributed by atoms with van der Waals surface area (Å²) in [6.45, 7) is 3.48. The summed E-state index contributed by atoms with van der Waals surface area (Å²) in [5, 5.41) is 2.55. The van der Waals surface area contributed by atoms with Gasteiger partial charge in [-0.05, 0) is 61.4 Å². The van der Waals surface area contributed by atoms with Gasteiger partial charge in [0.05, 0.1) is 15.6 Å². The third-order valence-corrected chi connectivity index (χ3v) is 8.61. The SMILES string of the molecule is CCCCNC(=O)[C@@H](C)N(Cc1cccc(Br)c1)C(=O)CN(c1ccc(F)c(Cl)c1)S(=O)(=O)c1ccccc1. The number of anilines is 1. The maximum Gasteiger partial charge on any atom is 0.264 e. The van der Waals surface area contributed by atoms with Gasteiger partial charge in [0.1, 0.15) is 18.4 Å². The molecule has 0 spiro atoms. The van der Waals surface area contributed by atoms with E-state index in [2.05, 4.69) is 21.2 Å². The Kier molecular flexibility index (Phi) is 10.9. The van der Waals surface area contributed by atoms with Crippen LogP contribution < -0.4 is 9.62 Å². The molecular weight excluding hydrogens is 609 g/mol. The summed E-state index contributed by atoms with van der Waals surface area (Å²) in [6, 6.07) is 17.4. The predicted molar refractivity (Wildman–Crippen MR) is 154 cm³/mol. The molecule has 208 valence electrons. The molecule has 0 unspecified atom stereocenters. The second-order valence-electron chi connectivity index (χ2n) is 8.90. The Labute approximate surface area is 242 Å². The van der Waals surface area contributed by atoms with E-state index in [9.17, 15) is 22.4 Å². The minimum Gasteiger partial charge on any atom is -0.354 e. The van der Waals surface area contributed by atoms with Gasteiger partial charge >= 0.3 is 0 Å². The lowest BCUT2D eigenvalue weighted by Crippen LogP contribution is -2.51. The molecule has 1 N–H and O–H groups in total. The van der Waals surface area contributed by atoms with Crippen molar-refractivity contribution >= 4 is 55.1 Å². The Balaban J connectivity index is 2.01. The Morgan fingerprint density at radius 3 is 2.41 bits per heavy atom. The molecule has 0 radical (unpaired) electrons. The Morgan fingerprint density at radius 2 is 1.77 bits per heavy atom. The van der Waals surface area contributed by atoms with Gasteiger partial charge in [-0.1, -0.05) is 71.2 Å².